The number of hydrogen-bond donors (Lipinski definition) is 2. The third kappa shape index (κ3) is 4.61. The summed E-state index contributed by atoms with van der Waals surface area (Å²) >= 11 is 4.32. The van der Waals surface area contributed by atoms with Crippen LogP contribution >= 0.6 is 34.4 Å². The van der Waals surface area contributed by atoms with Crippen molar-refractivity contribution in [3.8, 4) is 6.07 Å². The molecule has 9 heteroatoms. The van der Waals surface area contributed by atoms with Crippen LogP contribution in [0.1, 0.15) is 40.3 Å². The molecule has 1 aliphatic carbocycles. The van der Waals surface area contributed by atoms with Crippen LogP contribution in [-0.4, -0.2) is 21.9 Å². The summed E-state index contributed by atoms with van der Waals surface area (Å²) in [5.41, 5.74) is 8.64. The van der Waals surface area contributed by atoms with Crippen molar-refractivity contribution < 1.29 is 4.79 Å². The number of thioether (sulfide) groups is 1. The number of nitrogens with zero attached hydrogens (tertiary/aromatic N) is 3. The van der Waals surface area contributed by atoms with Gasteiger partial charge in [-0.25, -0.2) is 0 Å². The summed E-state index contributed by atoms with van der Waals surface area (Å²) in [6.07, 6.45) is 3.16. The number of nitriles is 1. The van der Waals surface area contributed by atoms with Gasteiger partial charge in [-0.3, -0.25) is 4.79 Å². The number of rotatable bonds is 6. The highest BCUT2D eigenvalue weighted by Gasteiger charge is 2.27. The number of hydrogen-bond acceptors (Lipinski definition) is 8. The molecular formula is C20H19N5OS3. The van der Waals surface area contributed by atoms with Gasteiger partial charge in [-0.1, -0.05) is 53.4 Å². The maximum atomic E-state index is 12.4. The lowest BCUT2D eigenvalue weighted by molar-refractivity contribution is -0.115. The third-order valence-electron chi connectivity index (χ3n) is 4.88. The van der Waals surface area contributed by atoms with Crippen molar-refractivity contribution in [3.05, 3.63) is 51.9 Å². The minimum atomic E-state index is -0.0929. The second-order valence-corrected chi connectivity index (χ2v) is 10.2. The number of amides is 1. The van der Waals surface area contributed by atoms with Crippen LogP contribution < -0.4 is 11.1 Å². The topological polar surface area (TPSA) is 105 Å². The molecule has 0 radical (unpaired) electrons. The number of carbonyl (C=O) groups is 1. The maximum absolute atomic E-state index is 12.4. The minimum Gasteiger partial charge on any atom is -0.374 e. The van der Waals surface area contributed by atoms with E-state index in [9.17, 15) is 10.1 Å². The number of aromatic nitrogens is 2. The highest BCUT2D eigenvalue weighted by atomic mass is 32.2. The summed E-state index contributed by atoms with van der Waals surface area (Å²) in [4.78, 5) is 13.6. The summed E-state index contributed by atoms with van der Waals surface area (Å²) in [7, 11) is 0. The molecule has 2 aromatic heterocycles. The Bertz CT molecular complexity index is 1050. The Kier molecular flexibility index (Phi) is 6.13. The molecule has 3 N–H and O–H groups in total. The van der Waals surface area contributed by atoms with E-state index in [-0.39, 0.29) is 5.91 Å². The van der Waals surface area contributed by atoms with Crippen molar-refractivity contribution in [2.75, 3.05) is 16.8 Å². The Morgan fingerprint density at radius 3 is 2.86 bits per heavy atom. The van der Waals surface area contributed by atoms with Crippen molar-refractivity contribution in [3.63, 3.8) is 0 Å². The quantitative estimate of drug-likeness (QED) is 0.548. The van der Waals surface area contributed by atoms with Crippen LogP contribution in [0.5, 0.6) is 0 Å². The van der Waals surface area contributed by atoms with Crippen LogP contribution in [0.2, 0.25) is 0 Å². The van der Waals surface area contributed by atoms with E-state index >= 15 is 0 Å². The summed E-state index contributed by atoms with van der Waals surface area (Å²) in [6, 6.07) is 12.8. The van der Waals surface area contributed by atoms with Gasteiger partial charge < -0.3 is 11.1 Å². The largest absolute Gasteiger partial charge is 0.374 e. The number of nitrogens with one attached hydrogen (secondary N) is 1. The Labute approximate surface area is 181 Å². The molecule has 29 heavy (non-hydrogen) atoms. The zero-order chi connectivity index (χ0) is 20.2. The van der Waals surface area contributed by atoms with Crippen LogP contribution in [-0.2, 0) is 17.6 Å². The van der Waals surface area contributed by atoms with E-state index in [0.717, 1.165) is 29.2 Å². The number of thiophene rings is 1. The first-order valence-electron chi connectivity index (χ1n) is 9.25. The van der Waals surface area contributed by atoms with Crippen LogP contribution in [0, 0.1) is 11.3 Å². The number of benzene rings is 1. The fourth-order valence-electron chi connectivity index (χ4n) is 3.50. The number of anilines is 2. The van der Waals surface area contributed by atoms with E-state index < -0.39 is 0 Å². The molecule has 1 aliphatic rings. The molecule has 0 saturated heterocycles. The fraction of sp³-hybridized carbons (Fsp3) is 0.300. The monoisotopic (exact) mass is 441 g/mol. The van der Waals surface area contributed by atoms with Gasteiger partial charge in [0.15, 0.2) is 4.34 Å². The lowest BCUT2D eigenvalue weighted by Gasteiger charge is -2.22. The first-order chi connectivity index (χ1) is 14.1. The molecule has 0 saturated carbocycles. The normalized spacial score (nSPS) is 15.5. The second kappa shape index (κ2) is 8.95. The Morgan fingerprint density at radius 1 is 1.31 bits per heavy atom. The summed E-state index contributed by atoms with van der Waals surface area (Å²) < 4.78 is 0.756. The van der Waals surface area contributed by atoms with Gasteiger partial charge in [0.1, 0.15) is 11.1 Å². The molecule has 2 heterocycles. The van der Waals surface area contributed by atoms with Crippen LogP contribution in [0.4, 0.5) is 10.1 Å². The third-order valence-corrected chi connectivity index (χ3v) is 7.94. The van der Waals surface area contributed by atoms with Gasteiger partial charge in [0.25, 0.3) is 0 Å². The molecule has 6 nitrogen and oxygen atoms in total. The van der Waals surface area contributed by atoms with Crippen molar-refractivity contribution in [1.29, 1.82) is 5.26 Å². The zero-order valence-corrected chi connectivity index (χ0v) is 18.0. The van der Waals surface area contributed by atoms with E-state index in [4.69, 9.17) is 5.73 Å². The molecule has 148 valence electrons. The summed E-state index contributed by atoms with van der Waals surface area (Å²) in [5.74, 6) is 0.960. The van der Waals surface area contributed by atoms with Gasteiger partial charge >= 0.3 is 0 Å². The van der Waals surface area contributed by atoms with Crippen molar-refractivity contribution >= 4 is 50.5 Å². The van der Waals surface area contributed by atoms with Gasteiger partial charge in [0, 0.05) is 17.1 Å². The molecule has 0 bridgehead atoms. The van der Waals surface area contributed by atoms with Gasteiger partial charge in [-0.2, -0.15) is 5.26 Å². The lowest BCUT2D eigenvalue weighted by Crippen LogP contribution is -2.12. The Morgan fingerprint density at radius 2 is 2.14 bits per heavy atom. The second-order valence-electron chi connectivity index (χ2n) is 6.72. The van der Waals surface area contributed by atoms with E-state index in [2.05, 4.69) is 45.8 Å². The molecule has 3 aromatic rings. The lowest BCUT2D eigenvalue weighted by atomic mass is 9.83. The van der Waals surface area contributed by atoms with Gasteiger partial charge in [0.05, 0.1) is 5.56 Å². The Balaban J connectivity index is 1.40. The molecule has 1 amide bonds. The van der Waals surface area contributed by atoms with Gasteiger partial charge in [-0.05, 0) is 36.3 Å². The predicted molar refractivity (Wildman–Crippen MR) is 119 cm³/mol. The van der Waals surface area contributed by atoms with E-state index in [1.165, 1.54) is 33.5 Å². The average Bonchev–Trinajstić information content (AvgIpc) is 3.30. The van der Waals surface area contributed by atoms with Crippen LogP contribution in [0.25, 0.3) is 0 Å². The molecule has 1 aromatic carbocycles. The summed E-state index contributed by atoms with van der Waals surface area (Å²) in [5, 5.41) is 21.4. The number of nitrogen functional groups attached to an aromatic ring is 1. The predicted octanol–water partition coefficient (Wildman–Crippen LogP) is 4.45. The van der Waals surface area contributed by atoms with Crippen molar-refractivity contribution in [2.45, 2.75) is 35.9 Å². The molecule has 1 atom stereocenters. The van der Waals surface area contributed by atoms with Crippen molar-refractivity contribution in [1.82, 2.24) is 10.2 Å². The van der Waals surface area contributed by atoms with Crippen LogP contribution in [0.3, 0.4) is 0 Å². The zero-order valence-electron chi connectivity index (χ0n) is 15.6. The molecule has 0 fully saturated rings. The number of nitrogens with two attached hydrogens (primary N) is 1. The fourth-order valence-corrected chi connectivity index (χ4v) is 6.44. The van der Waals surface area contributed by atoms with Gasteiger partial charge in [0.2, 0.25) is 11.0 Å². The molecule has 0 spiro atoms. The highest BCUT2D eigenvalue weighted by molar-refractivity contribution is 8.01. The van der Waals surface area contributed by atoms with Crippen molar-refractivity contribution in [2.24, 2.45) is 0 Å². The standard InChI is InChI=1S/C20H19N5OS3/c21-11-15-14-7-6-13(12-4-2-1-3-5-12)10-16(14)28-18(15)23-17(26)8-9-27-20-25-24-19(22)29-20/h1-5,13H,6-10H2,(H2,22,24)(H,23,26). The SMILES string of the molecule is N#Cc1c(NC(=O)CCSc2nnc(N)s2)sc2c1CCC(c1ccccc1)C2. The summed E-state index contributed by atoms with van der Waals surface area (Å²) in [6.45, 7) is 0. The smallest absolute Gasteiger partial charge is 0.225 e. The van der Waals surface area contributed by atoms with E-state index in [0.29, 0.717) is 33.8 Å². The van der Waals surface area contributed by atoms with Gasteiger partial charge in [-0.15, -0.1) is 21.5 Å². The maximum Gasteiger partial charge on any atom is 0.225 e. The average molecular weight is 442 g/mol. The van der Waals surface area contributed by atoms with E-state index in [1.54, 1.807) is 11.3 Å². The molecule has 1 unspecified atom stereocenters. The number of fused-ring (bicyclic) bond motifs is 1. The minimum absolute atomic E-state index is 0.0929. The first kappa shape index (κ1) is 19.9. The molecular weight excluding hydrogens is 422 g/mol. The number of carbonyl (C=O) groups excluding carboxylic acids is 1. The highest BCUT2D eigenvalue weighted by Crippen LogP contribution is 2.42. The van der Waals surface area contributed by atoms with Crippen LogP contribution in [0.15, 0.2) is 34.7 Å². The first-order valence-corrected chi connectivity index (χ1v) is 11.9. The Hall–Kier alpha value is -2.41. The molecule has 0 aliphatic heterocycles. The van der Waals surface area contributed by atoms with E-state index in [1.807, 2.05) is 6.07 Å². The molecule has 4 rings (SSSR count).